The third-order valence-electron chi connectivity index (χ3n) is 2.74. The molecule has 1 N–H and O–H groups in total. The fraction of sp³-hybridized carbons (Fsp3) is 0.0714. The van der Waals surface area contributed by atoms with Gasteiger partial charge in [-0.2, -0.15) is 8.75 Å². The number of ether oxygens (including phenoxy) is 1. The number of benzene rings is 2. The highest BCUT2D eigenvalue weighted by molar-refractivity contribution is 7.00. The zero-order chi connectivity index (χ0) is 14.7. The number of nitrogens with one attached hydrogen (secondary N) is 1. The number of aromatic nitrogens is 2. The number of rotatable bonds is 4. The van der Waals surface area contributed by atoms with E-state index >= 15 is 0 Å². The van der Waals surface area contributed by atoms with Gasteiger partial charge in [-0.05, 0) is 36.4 Å². The molecule has 1 heterocycles. The molecule has 0 atom stereocenters. The lowest BCUT2D eigenvalue weighted by Crippen LogP contribution is -2.20. The van der Waals surface area contributed by atoms with Gasteiger partial charge in [0.2, 0.25) is 0 Å². The highest BCUT2D eigenvalue weighted by Crippen LogP contribution is 2.21. The smallest absolute Gasteiger partial charge is 0.262 e. The van der Waals surface area contributed by atoms with Crippen molar-refractivity contribution in [2.75, 3.05) is 11.9 Å². The van der Waals surface area contributed by atoms with Gasteiger partial charge in [-0.25, -0.2) is 4.39 Å². The van der Waals surface area contributed by atoms with Crippen LogP contribution in [0.1, 0.15) is 0 Å². The molecule has 21 heavy (non-hydrogen) atoms. The lowest BCUT2D eigenvalue weighted by atomic mass is 10.2. The Bertz CT molecular complexity index is 773. The third kappa shape index (κ3) is 3.14. The molecule has 3 rings (SSSR count). The first-order valence-electron chi connectivity index (χ1n) is 6.12. The van der Waals surface area contributed by atoms with Gasteiger partial charge in [-0.15, -0.1) is 0 Å². The Kier molecular flexibility index (Phi) is 3.74. The van der Waals surface area contributed by atoms with E-state index in [4.69, 9.17) is 4.74 Å². The van der Waals surface area contributed by atoms with Crippen molar-refractivity contribution in [2.45, 2.75) is 0 Å². The Hall–Kier alpha value is -2.54. The number of hydrogen-bond acceptors (Lipinski definition) is 5. The quantitative estimate of drug-likeness (QED) is 0.805. The van der Waals surface area contributed by atoms with E-state index in [1.807, 2.05) is 6.07 Å². The van der Waals surface area contributed by atoms with E-state index in [-0.39, 0.29) is 18.3 Å². The molecule has 3 aromatic rings. The molecule has 0 aliphatic heterocycles. The summed E-state index contributed by atoms with van der Waals surface area (Å²) in [5, 5.41) is 2.72. The molecule has 106 valence electrons. The summed E-state index contributed by atoms with van der Waals surface area (Å²) in [6, 6.07) is 10.8. The maximum Gasteiger partial charge on any atom is 0.262 e. The van der Waals surface area contributed by atoms with Crippen LogP contribution in [0.2, 0.25) is 0 Å². The monoisotopic (exact) mass is 303 g/mol. The molecule has 0 aliphatic carbocycles. The Morgan fingerprint density at radius 1 is 1.19 bits per heavy atom. The van der Waals surface area contributed by atoms with Crippen LogP contribution in [0.5, 0.6) is 5.75 Å². The number of carbonyl (C=O) groups excluding carboxylic acids is 1. The largest absolute Gasteiger partial charge is 0.484 e. The normalized spacial score (nSPS) is 10.5. The number of fused-ring (bicyclic) bond motifs is 1. The van der Waals surface area contributed by atoms with Gasteiger partial charge >= 0.3 is 0 Å². The zero-order valence-corrected chi connectivity index (χ0v) is 11.6. The molecule has 0 saturated heterocycles. The molecule has 2 aromatic carbocycles. The Morgan fingerprint density at radius 3 is 2.81 bits per heavy atom. The highest BCUT2D eigenvalue weighted by atomic mass is 32.1. The minimum absolute atomic E-state index is 0.167. The fourth-order valence-electron chi connectivity index (χ4n) is 1.77. The Labute approximate surface area is 123 Å². The van der Waals surface area contributed by atoms with Crippen molar-refractivity contribution in [1.82, 2.24) is 8.75 Å². The molecule has 0 aliphatic rings. The van der Waals surface area contributed by atoms with Crippen LogP contribution in [0.15, 0.2) is 42.5 Å². The SMILES string of the molecule is O=C(COc1ccc(F)cc1)Nc1cccc2nsnc12. The maximum atomic E-state index is 12.7. The molecule has 0 bridgehead atoms. The van der Waals surface area contributed by atoms with Gasteiger partial charge in [0.05, 0.1) is 17.4 Å². The van der Waals surface area contributed by atoms with Crippen LogP contribution >= 0.6 is 11.7 Å². The molecule has 0 spiro atoms. The molecule has 0 saturated carbocycles. The minimum Gasteiger partial charge on any atom is -0.484 e. The maximum absolute atomic E-state index is 12.7. The summed E-state index contributed by atoms with van der Waals surface area (Å²) in [5.74, 6) is -0.241. The van der Waals surface area contributed by atoms with Gasteiger partial charge < -0.3 is 10.1 Å². The summed E-state index contributed by atoms with van der Waals surface area (Å²) in [6.07, 6.45) is 0. The number of hydrogen-bond donors (Lipinski definition) is 1. The predicted octanol–water partition coefficient (Wildman–Crippen LogP) is 2.85. The highest BCUT2D eigenvalue weighted by Gasteiger charge is 2.09. The average Bonchev–Trinajstić information content (AvgIpc) is 2.96. The molecular weight excluding hydrogens is 293 g/mol. The lowest BCUT2D eigenvalue weighted by Gasteiger charge is -2.07. The summed E-state index contributed by atoms with van der Waals surface area (Å²) in [6.45, 7) is -0.167. The van der Waals surface area contributed by atoms with Gasteiger partial charge in [0.1, 0.15) is 22.6 Å². The predicted molar refractivity (Wildman–Crippen MR) is 77.9 cm³/mol. The van der Waals surface area contributed by atoms with E-state index in [1.165, 1.54) is 24.3 Å². The van der Waals surface area contributed by atoms with E-state index in [2.05, 4.69) is 14.1 Å². The Balaban J connectivity index is 1.64. The average molecular weight is 303 g/mol. The van der Waals surface area contributed by atoms with Gasteiger partial charge in [0.15, 0.2) is 6.61 Å². The molecule has 0 unspecified atom stereocenters. The first kappa shape index (κ1) is 13.4. The Morgan fingerprint density at radius 2 is 2.00 bits per heavy atom. The van der Waals surface area contributed by atoms with Crippen LogP contribution in [-0.4, -0.2) is 21.3 Å². The first-order valence-corrected chi connectivity index (χ1v) is 6.85. The third-order valence-corrected chi connectivity index (χ3v) is 3.29. The first-order chi connectivity index (χ1) is 10.2. The van der Waals surface area contributed by atoms with Crippen LogP contribution in [0, 0.1) is 5.82 Å². The van der Waals surface area contributed by atoms with Gasteiger partial charge in [0, 0.05) is 0 Å². The van der Waals surface area contributed by atoms with Gasteiger partial charge in [-0.3, -0.25) is 4.79 Å². The fourth-order valence-corrected chi connectivity index (χ4v) is 2.32. The van der Waals surface area contributed by atoms with E-state index in [0.717, 1.165) is 17.2 Å². The second-order valence-electron chi connectivity index (χ2n) is 4.23. The van der Waals surface area contributed by atoms with Crippen LogP contribution in [0.4, 0.5) is 10.1 Å². The van der Waals surface area contributed by atoms with Crippen molar-refractivity contribution >= 4 is 34.4 Å². The number of carbonyl (C=O) groups is 1. The van der Waals surface area contributed by atoms with E-state index in [9.17, 15) is 9.18 Å². The summed E-state index contributed by atoms with van der Waals surface area (Å²) >= 11 is 1.09. The van der Waals surface area contributed by atoms with Crippen LogP contribution in [-0.2, 0) is 4.79 Å². The van der Waals surface area contributed by atoms with Crippen molar-refractivity contribution in [3.8, 4) is 5.75 Å². The zero-order valence-electron chi connectivity index (χ0n) is 10.7. The van der Waals surface area contributed by atoms with Crippen molar-refractivity contribution < 1.29 is 13.9 Å². The molecule has 7 heteroatoms. The van der Waals surface area contributed by atoms with Crippen molar-refractivity contribution in [3.63, 3.8) is 0 Å². The molecule has 0 radical (unpaired) electrons. The summed E-state index contributed by atoms with van der Waals surface area (Å²) in [4.78, 5) is 11.9. The second kappa shape index (κ2) is 5.84. The molecule has 1 aromatic heterocycles. The van der Waals surface area contributed by atoms with Gasteiger partial charge in [-0.1, -0.05) is 6.07 Å². The topological polar surface area (TPSA) is 64.1 Å². The van der Waals surface area contributed by atoms with Crippen LogP contribution in [0.25, 0.3) is 11.0 Å². The van der Waals surface area contributed by atoms with E-state index in [1.54, 1.807) is 12.1 Å². The minimum atomic E-state index is -0.352. The molecule has 0 fully saturated rings. The second-order valence-corrected chi connectivity index (χ2v) is 4.76. The summed E-state index contributed by atoms with van der Waals surface area (Å²) in [5.41, 5.74) is 1.98. The lowest BCUT2D eigenvalue weighted by molar-refractivity contribution is -0.118. The van der Waals surface area contributed by atoms with Crippen LogP contribution in [0.3, 0.4) is 0 Å². The number of anilines is 1. The van der Waals surface area contributed by atoms with E-state index < -0.39 is 0 Å². The van der Waals surface area contributed by atoms with Gasteiger partial charge in [0.25, 0.3) is 5.91 Å². The van der Waals surface area contributed by atoms with E-state index in [0.29, 0.717) is 17.0 Å². The van der Waals surface area contributed by atoms with Crippen LogP contribution < -0.4 is 10.1 Å². The summed E-state index contributed by atoms with van der Waals surface area (Å²) in [7, 11) is 0. The molecular formula is C14H10FN3O2S. The van der Waals surface area contributed by atoms with Crippen molar-refractivity contribution in [2.24, 2.45) is 0 Å². The number of amides is 1. The number of halogens is 1. The summed E-state index contributed by atoms with van der Waals surface area (Å²) < 4.78 is 26.3. The molecule has 5 nitrogen and oxygen atoms in total. The van der Waals surface area contributed by atoms with Crippen molar-refractivity contribution in [1.29, 1.82) is 0 Å². The molecule has 1 amide bonds. The standard InChI is InChI=1S/C14H10FN3O2S/c15-9-4-6-10(7-5-9)20-8-13(19)16-11-2-1-3-12-14(11)18-21-17-12/h1-7H,8H2,(H,16,19). The van der Waals surface area contributed by atoms with Crippen molar-refractivity contribution in [3.05, 3.63) is 48.3 Å². The number of nitrogens with zero attached hydrogens (tertiary/aromatic N) is 2.